The van der Waals surface area contributed by atoms with Crippen LogP contribution < -0.4 is 9.47 Å². The van der Waals surface area contributed by atoms with Crippen molar-refractivity contribution in [1.29, 1.82) is 0 Å². The number of halogens is 1. The van der Waals surface area contributed by atoms with E-state index in [1.807, 2.05) is 47.6 Å². The number of rotatable bonds is 17. The van der Waals surface area contributed by atoms with Crippen LogP contribution in [-0.2, 0) is 16.1 Å². The van der Waals surface area contributed by atoms with Gasteiger partial charge in [-0.15, -0.1) is 0 Å². The van der Waals surface area contributed by atoms with Gasteiger partial charge in [-0.05, 0) is 100 Å². The van der Waals surface area contributed by atoms with E-state index in [0.29, 0.717) is 17.0 Å². The lowest BCUT2D eigenvalue weighted by molar-refractivity contribution is -0.160. The molecule has 5 N–H and O–H groups in total. The molecule has 1 aromatic heterocycles. The van der Waals surface area contributed by atoms with Crippen LogP contribution in [0.15, 0.2) is 54.7 Å². The van der Waals surface area contributed by atoms with E-state index in [2.05, 4.69) is 4.98 Å². The summed E-state index contributed by atoms with van der Waals surface area (Å²) in [5.41, 5.74) is 1.41. The average molecular weight is 741 g/mol. The quantitative estimate of drug-likeness (QED) is 0.0984. The second kappa shape index (κ2) is 17.9. The number of aromatic nitrogens is 1. The van der Waals surface area contributed by atoms with Gasteiger partial charge in [0, 0.05) is 30.8 Å². The Morgan fingerprint density at radius 2 is 1.64 bits per heavy atom. The van der Waals surface area contributed by atoms with Gasteiger partial charge in [0.2, 0.25) is 5.88 Å². The molecule has 2 aromatic carbocycles. The predicted molar refractivity (Wildman–Crippen MR) is 195 cm³/mol. The number of hydrogen-bond acceptors (Lipinski definition) is 12. The predicted octanol–water partition coefficient (Wildman–Crippen LogP) is 4.23. The van der Waals surface area contributed by atoms with Crippen LogP contribution in [0, 0.1) is 17.7 Å². The summed E-state index contributed by atoms with van der Waals surface area (Å²) in [6, 6.07) is 12.9. The Labute approximate surface area is 310 Å². The maximum absolute atomic E-state index is 15.3. The second-order valence-corrected chi connectivity index (χ2v) is 15.0. The minimum Gasteiger partial charge on any atom is -0.481 e. The summed E-state index contributed by atoms with van der Waals surface area (Å²) < 4.78 is 32.1. The molecule has 0 spiro atoms. The number of pyridine rings is 1. The van der Waals surface area contributed by atoms with Crippen molar-refractivity contribution in [1.82, 2.24) is 9.88 Å². The van der Waals surface area contributed by atoms with Crippen molar-refractivity contribution < 1.29 is 53.7 Å². The molecule has 1 aliphatic carbocycles. The number of aliphatic hydroxyl groups is 5. The highest BCUT2D eigenvalue weighted by molar-refractivity contribution is 5.92. The first-order chi connectivity index (χ1) is 24.9. The number of benzene rings is 2. The first kappa shape index (κ1) is 41.8. The van der Waals surface area contributed by atoms with Crippen LogP contribution in [0.5, 0.6) is 11.6 Å². The minimum atomic E-state index is -1.81. The van der Waals surface area contributed by atoms with Gasteiger partial charge in [-0.2, -0.15) is 0 Å². The highest BCUT2D eigenvalue weighted by Crippen LogP contribution is 2.47. The molecule has 0 radical (unpaired) electrons. The number of ether oxygens (including phenoxy) is 3. The molecule has 0 aliphatic heterocycles. The fourth-order valence-electron chi connectivity index (χ4n) is 6.36. The third kappa shape index (κ3) is 11.0. The molecule has 3 aromatic rings. The van der Waals surface area contributed by atoms with Crippen molar-refractivity contribution in [3.63, 3.8) is 0 Å². The van der Waals surface area contributed by atoms with E-state index in [1.54, 1.807) is 35.2 Å². The number of carbonyl (C=O) groups is 2. The van der Waals surface area contributed by atoms with E-state index in [4.69, 9.17) is 14.2 Å². The third-order valence-electron chi connectivity index (χ3n) is 9.42. The largest absolute Gasteiger partial charge is 0.481 e. The molecule has 4 rings (SSSR count). The van der Waals surface area contributed by atoms with E-state index in [1.165, 1.54) is 19.2 Å². The van der Waals surface area contributed by atoms with Gasteiger partial charge in [-0.3, -0.25) is 9.69 Å². The van der Waals surface area contributed by atoms with Crippen molar-refractivity contribution in [2.75, 3.05) is 20.3 Å². The normalized spacial score (nSPS) is 16.8. The van der Waals surface area contributed by atoms with Crippen LogP contribution in [0.3, 0.4) is 0 Å². The van der Waals surface area contributed by atoms with E-state index < -0.39 is 54.3 Å². The van der Waals surface area contributed by atoms with E-state index in [9.17, 15) is 35.1 Å². The Hall–Kier alpha value is -3.98. The van der Waals surface area contributed by atoms with Crippen LogP contribution in [-0.4, -0.2) is 104 Å². The molecule has 53 heavy (non-hydrogen) atoms. The zero-order chi connectivity index (χ0) is 39.2. The van der Waals surface area contributed by atoms with Crippen LogP contribution in [0.1, 0.15) is 81.8 Å². The molecule has 1 heterocycles. The second-order valence-electron chi connectivity index (χ2n) is 15.0. The van der Waals surface area contributed by atoms with Crippen LogP contribution >= 0.6 is 0 Å². The molecule has 0 saturated heterocycles. The van der Waals surface area contributed by atoms with Gasteiger partial charge in [0.15, 0.2) is 0 Å². The molecular formula is C40H53FN2O10. The summed E-state index contributed by atoms with van der Waals surface area (Å²) in [6.07, 6.45) is -3.82. The van der Waals surface area contributed by atoms with Crippen LogP contribution in [0.25, 0.3) is 11.1 Å². The summed E-state index contributed by atoms with van der Waals surface area (Å²) in [7, 11) is 1.40. The first-order valence-electron chi connectivity index (χ1n) is 17.9. The lowest BCUT2D eigenvalue weighted by Crippen LogP contribution is -2.50. The zero-order valence-electron chi connectivity index (χ0n) is 31.4. The summed E-state index contributed by atoms with van der Waals surface area (Å²) in [4.78, 5) is 32.4. The maximum Gasteiger partial charge on any atom is 0.343 e. The highest BCUT2D eigenvalue weighted by Gasteiger charge is 2.40. The fraction of sp³-hybridized carbons (Fsp3) is 0.525. The number of hydrogen-bond donors (Lipinski definition) is 5. The Morgan fingerprint density at radius 3 is 2.25 bits per heavy atom. The van der Waals surface area contributed by atoms with Gasteiger partial charge < -0.3 is 39.7 Å². The van der Waals surface area contributed by atoms with Gasteiger partial charge in [0.25, 0.3) is 0 Å². The maximum atomic E-state index is 15.3. The van der Waals surface area contributed by atoms with Crippen molar-refractivity contribution in [3.05, 3.63) is 77.2 Å². The van der Waals surface area contributed by atoms with Crippen LogP contribution in [0.4, 0.5) is 4.39 Å². The zero-order valence-corrected chi connectivity index (χ0v) is 31.4. The van der Waals surface area contributed by atoms with E-state index in [0.717, 1.165) is 24.6 Å². The van der Waals surface area contributed by atoms with Gasteiger partial charge in [-0.1, -0.05) is 25.1 Å². The number of aliphatic hydroxyl groups excluding tert-OH is 5. The Bertz CT molecular complexity index is 1710. The minimum absolute atomic E-state index is 0.0434. The smallest absolute Gasteiger partial charge is 0.343 e. The van der Waals surface area contributed by atoms with E-state index in [-0.39, 0.29) is 53.8 Å². The molecule has 1 aliphatic rings. The van der Waals surface area contributed by atoms with Crippen molar-refractivity contribution in [2.45, 2.75) is 103 Å². The molecule has 6 atom stereocenters. The molecule has 1 fully saturated rings. The number of carbonyl (C=O) groups excluding carboxylic acids is 2. The Kier molecular flexibility index (Phi) is 14.1. The van der Waals surface area contributed by atoms with Crippen molar-refractivity contribution in [3.8, 4) is 22.8 Å². The number of esters is 2. The monoisotopic (exact) mass is 740 g/mol. The molecular weight excluding hydrogens is 687 g/mol. The highest BCUT2D eigenvalue weighted by atomic mass is 19.1. The lowest BCUT2D eigenvalue weighted by Gasteiger charge is -2.33. The lowest BCUT2D eigenvalue weighted by atomic mass is 9.83. The Balaban J connectivity index is 1.65. The first-order valence-corrected chi connectivity index (χ1v) is 17.9. The molecule has 290 valence electrons. The summed E-state index contributed by atoms with van der Waals surface area (Å²) in [5, 5.41) is 50.5. The molecule has 0 amide bonds. The van der Waals surface area contributed by atoms with Gasteiger partial charge >= 0.3 is 11.9 Å². The standard InChI is InChI=1S/C40H53FN2O10/c1-22(2)43(20-32(45)36(47)37(48)33(46)21-44)19-27-15-26(13-14-29(27)30-17-34(51-7)42-18-31(30)41)39(50)52-28-10-8-9-25(16-28)35(24-11-12-24)23(3)38(49)53-40(4,5)6/h8-10,13-18,22-24,32-33,35-37,44-48H,11-12,19-21H2,1-7H3/t23-,32-,33+,35-,36+,37+/m0/s1. The van der Waals surface area contributed by atoms with Crippen LogP contribution in [0.2, 0.25) is 0 Å². The van der Waals surface area contributed by atoms with E-state index >= 15 is 4.39 Å². The molecule has 0 bridgehead atoms. The van der Waals surface area contributed by atoms with Crippen molar-refractivity contribution in [2.24, 2.45) is 11.8 Å². The molecule has 1 saturated carbocycles. The SMILES string of the molecule is COc1cc(-c2ccc(C(=O)Oc3cccc([C@H](C4CC4)[C@H](C)C(=O)OC(C)(C)C)c3)cc2CN(C[C@H](O)[C@@H](O)[C@H](O)[C@H](O)CO)C(C)C)c(F)cn1. The van der Waals surface area contributed by atoms with Gasteiger partial charge in [0.05, 0.1) is 37.5 Å². The fourth-order valence-corrected chi connectivity index (χ4v) is 6.36. The number of methoxy groups -OCH3 is 1. The van der Waals surface area contributed by atoms with Gasteiger partial charge in [0.1, 0.15) is 35.5 Å². The summed E-state index contributed by atoms with van der Waals surface area (Å²) in [5.74, 6) is -1.39. The third-order valence-corrected chi connectivity index (χ3v) is 9.42. The average Bonchev–Trinajstić information content (AvgIpc) is 3.95. The summed E-state index contributed by atoms with van der Waals surface area (Å²) in [6.45, 7) is 10.1. The Morgan fingerprint density at radius 1 is 0.962 bits per heavy atom. The van der Waals surface area contributed by atoms with Crippen molar-refractivity contribution >= 4 is 11.9 Å². The number of nitrogens with zero attached hydrogens (tertiary/aromatic N) is 2. The van der Waals surface area contributed by atoms with Gasteiger partial charge in [-0.25, -0.2) is 14.2 Å². The summed E-state index contributed by atoms with van der Waals surface area (Å²) >= 11 is 0. The molecule has 0 unspecified atom stereocenters. The topological polar surface area (TPSA) is 179 Å². The molecule has 13 heteroatoms. The molecule has 12 nitrogen and oxygen atoms in total.